The summed E-state index contributed by atoms with van der Waals surface area (Å²) in [6, 6.07) is 3.58. The summed E-state index contributed by atoms with van der Waals surface area (Å²) >= 11 is 0. The van der Waals surface area contributed by atoms with Crippen molar-refractivity contribution in [2.45, 2.75) is 45.3 Å². The van der Waals surface area contributed by atoms with Gasteiger partial charge in [-0.05, 0) is 45.2 Å². The molecule has 0 radical (unpaired) electrons. The minimum atomic E-state index is -0.845. The fourth-order valence-electron chi connectivity index (χ4n) is 2.09. The molecule has 1 aromatic heterocycles. The smallest absolute Gasteiger partial charge is 0.408 e. The summed E-state index contributed by atoms with van der Waals surface area (Å²) in [4.78, 5) is 28.2. The van der Waals surface area contributed by atoms with Gasteiger partial charge in [0.15, 0.2) is 6.10 Å². The third-order valence-electron chi connectivity index (χ3n) is 3.10. The van der Waals surface area contributed by atoms with Crippen molar-refractivity contribution in [3.8, 4) is 5.88 Å². The molecule has 1 aliphatic rings. The second kappa shape index (κ2) is 6.21. The van der Waals surface area contributed by atoms with Gasteiger partial charge < -0.3 is 20.1 Å². The van der Waals surface area contributed by atoms with E-state index in [2.05, 4.69) is 15.6 Å². The van der Waals surface area contributed by atoms with Crippen molar-refractivity contribution < 1.29 is 19.1 Å². The standard InChI is InChI=1S/C15H21N3O4/c1-15(2,3)18-14(20)22-10-7-5-9-6-8-11(21-4)16-12(9)17-13(10)19/h6,8,10H,5,7H2,1-4H3,(H,18,20)(H,16,17,19)/t10-/m0/s1. The number of nitrogens with zero attached hydrogens (tertiary/aromatic N) is 1. The number of aromatic nitrogens is 1. The number of methoxy groups -OCH3 is 1. The van der Waals surface area contributed by atoms with Crippen molar-refractivity contribution in [3.63, 3.8) is 0 Å². The Bertz CT molecular complexity index is 581. The van der Waals surface area contributed by atoms with Crippen molar-refractivity contribution in [3.05, 3.63) is 17.7 Å². The molecule has 1 aromatic rings. The molecule has 0 saturated carbocycles. The van der Waals surface area contributed by atoms with Crippen LogP contribution >= 0.6 is 0 Å². The lowest BCUT2D eigenvalue weighted by atomic mass is 10.1. The largest absolute Gasteiger partial charge is 0.481 e. The number of rotatable bonds is 2. The van der Waals surface area contributed by atoms with E-state index < -0.39 is 17.7 Å². The Morgan fingerprint density at radius 3 is 2.77 bits per heavy atom. The number of aryl methyl sites for hydroxylation is 1. The lowest BCUT2D eigenvalue weighted by molar-refractivity contribution is -0.124. The van der Waals surface area contributed by atoms with Gasteiger partial charge in [-0.1, -0.05) is 0 Å². The van der Waals surface area contributed by atoms with Crippen molar-refractivity contribution in [2.24, 2.45) is 0 Å². The van der Waals surface area contributed by atoms with E-state index in [4.69, 9.17) is 9.47 Å². The Labute approximate surface area is 129 Å². The highest BCUT2D eigenvalue weighted by Crippen LogP contribution is 2.24. The lowest BCUT2D eigenvalue weighted by Gasteiger charge is -2.22. The van der Waals surface area contributed by atoms with Crippen LogP contribution in [0.25, 0.3) is 0 Å². The summed E-state index contributed by atoms with van der Waals surface area (Å²) in [6.07, 6.45) is -0.463. The molecule has 2 rings (SSSR count). The third kappa shape index (κ3) is 4.09. The van der Waals surface area contributed by atoms with Gasteiger partial charge in [0, 0.05) is 11.6 Å². The number of carbonyl (C=O) groups is 2. The first kappa shape index (κ1) is 16.1. The Morgan fingerprint density at radius 1 is 1.41 bits per heavy atom. The van der Waals surface area contributed by atoms with Crippen molar-refractivity contribution in [2.75, 3.05) is 12.4 Å². The second-order valence-electron chi connectivity index (χ2n) is 6.16. The van der Waals surface area contributed by atoms with Gasteiger partial charge in [-0.15, -0.1) is 0 Å². The summed E-state index contributed by atoms with van der Waals surface area (Å²) in [5.74, 6) is 0.485. The summed E-state index contributed by atoms with van der Waals surface area (Å²) in [5.41, 5.74) is 0.465. The molecular formula is C15H21N3O4. The van der Waals surface area contributed by atoms with Gasteiger partial charge >= 0.3 is 6.09 Å². The number of hydrogen-bond donors (Lipinski definition) is 2. The summed E-state index contributed by atoms with van der Waals surface area (Å²) < 4.78 is 10.3. The van der Waals surface area contributed by atoms with E-state index in [1.807, 2.05) is 26.8 Å². The van der Waals surface area contributed by atoms with Gasteiger partial charge in [0.05, 0.1) is 7.11 Å². The maximum absolute atomic E-state index is 12.2. The van der Waals surface area contributed by atoms with Gasteiger partial charge in [-0.2, -0.15) is 4.98 Å². The number of amides is 2. The van der Waals surface area contributed by atoms with E-state index in [0.717, 1.165) is 5.56 Å². The lowest BCUT2D eigenvalue weighted by Crippen LogP contribution is -2.44. The second-order valence-corrected chi connectivity index (χ2v) is 6.16. The number of nitrogens with one attached hydrogen (secondary N) is 2. The Hall–Kier alpha value is -2.31. The molecule has 0 aliphatic carbocycles. The van der Waals surface area contributed by atoms with Gasteiger partial charge in [-0.25, -0.2) is 4.79 Å². The molecule has 1 aliphatic heterocycles. The van der Waals surface area contributed by atoms with Crippen molar-refractivity contribution >= 4 is 17.8 Å². The van der Waals surface area contributed by atoms with E-state index in [0.29, 0.717) is 24.5 Å². The van der Waals surface area contributed by atoms with Gasteiger partial charge in [0.2, 0.25) is 5.88 Å². The Balaban J connectivity index is 2.06. The first-order valence-electron chi connectivity index (χ1n) is 7.12. The quantitative estimate of drug-likeness (QED) is 0.870. The highest BCUT2D eigenvalue weighted by atomic mass is 16.6. The van der Waals surface area contributed by atoms with Crippen LogP contribution in [0.5, 0.6) is 5.88 Å². The van der Waals surface area contributed by atoms with Crippen LogP contribution in [0.2, 0.25) is 0 Å². The number of ether oxygens (including phenoxy) is 2. The molecule has 0 bridgehead atoms. The van der Waals surface area contributed by atoms with Crippen LogP contribution < -0.4 is 15.4 Å². The zero-order chi connectivity index (χ0) is 16.3. The van der Waals surface area contributed by atoms with Gasteiger partial charge in [0.25, 0.3) is 5.91 Å². The molecular weight excluding hydrogens is 286 g/mol. The molecule has 0 spiro atoms. The van der Waals surface area contributed by atoms with Crippen LogP contribution in [0.15, 0.2) is 12.1 Å². The average Bonchev–Trinajstić information content (AvgIpc) is 2.56. The Kier molecular flexibility index (Phi) is 4.54. The number of hydrogen-bond acceptors (Lipinski definition) is 5. The Morgan fingerprint density at radius 2 is 2.14 bits per heavy atom. The fourth-order valence-corrected chi connectivity index (χ4v) is 2.09. The highest BCUT2D eigenvalue weighted by molar-refractivity contribution is 5.95. The summed E-state index contributed by atoms with van der Waals surface area (Å²) in [7, 11) is 1.51. The molecule has 0 aromatic carbocycles. The molecule has 7 nitrogen and oxygen atoms in total. The zero-order valence-corrected chi connectivity index (χ0v) is 13.2. The fraction of sp³-hybridized carbons (Fsp3) is 0.533. The van der Waals surface area contributed by atoms with Crippen LogP contribution in [0.3, 0.4) is 0 Å². The molecule has 120 valence electrons. The van der Waals surface area contributed by atoms with Crippen LogP contribution in [-0.2, 0) is 16.0 Å². The predicted molar refractivity (Wildman–Crippen MR) is 80.9 cm³/mol. The highest BCUT2D eigenvalue weighted by Gasteiger charge is 2.29. The number of alkyl carbamates (subject to hydrolysis) is 1. The average molecular weight is 307 g/mol. The first-order chi connectivity index (χ1) is 10.3. The molecule has 2 N–H and O–H groups in total. The number of anilines is 1. The molecule has 2 heterocycles. The molecule has 0 fully saturated rings. The normalized spacial score (nSPS) is 17.8. The van der Waals surface area contributed by atoms with Crippen LogP contribution in [0.1, 0.15) is 32.8 Å². The number of carbonyl (C=O) groups excluding carboxylic acids is 2. The van der Waals surface area contributed by atoms with Gasteiger partial charge in [-0.3, -0.25) is 4.79 Å². The summed E-state index contributed by atoms with van der Waals surface area (Å²) in [6.45, 7) is 5.52. The number of fused-ring (bicyclic) bond motifs is 1. The van der Waals surface area contributed by atoms with E-state index in [1.165, 1.54) is 7.11 Å². The third-order valence-corrected chi connectivity index (χ3v) is 3.10. The molecule has 1 atom stereocenters. The number of pyridine rings is 1. The monoisotopic (exact) mass is 307 g/mol. The minimum Gasteiger partial charge on any atom is -0.481 e. The maximum Gasteiger partial charge on any atom is 0.408 e. The van der Waals surface area contributed by atoms with Crippen molar-refractivity contribution in [1.82, 2.24) is 10.3 Å². The molecule has 0 unspecified atom stereocenters. The molecule has 22 heavy (non-hydrogen) atoms. The summed E-state index contributed by atoms with van der Waals surface area (Å²) in [5, 5.41) is 5.35. The van der Waals surface area contributed by atoms with E-state index in [9.17, 15) is 9.59 Å². The SMILES string of the molecule is COc1ccc2c(n1)NC(=O)[C@@H](OC(=O)NC(C)(C)C)CC2. The van der Waals surface area contributed by atoms with E-state index >= 15 is 0 Å². The van der Waals surface area contributed by atoms with Crippen LogP contribution in [0.4, 0.5) is 10.6 Å². The molecule has 7 heteroatoms. The van der Waals surface area contributed by atoms with E-state index in [1.54, 1.807) is 6.07 Å². The van der Waals surface area contributed by atoms with Gasteiger partial charge in [0.1, 0.15) is 5.82 Å². The first-order valence-corrected chi connectivity index (χ1v) is 7.12. The zero-order valence-electron chi connectivity index (χ0n) is 13.2. The minimum absolute atomic E-state index is 0.386. The van der Waals surface area contributed by atoms with E-state index in [-0.39, 0.29) is 5.91 Å². The topological polar surface area (TPSA) is 89.6 Å². The molecule has 0 saturated heterocycles. The predicted octanol–water partition coefficient (Wildman–Crippen LogP) is 1.87. The maximum atomic E-state index is 12.2. The van der Waals surface area contributed by atoms with Crippen LogP contribution in [0, 0.1) is 0 Å². The van der Waals surface area contributed by atoms with Crippen LogP contribution in [-0.4, -0.2) is 35.7 Å². The van der Waals surface area contributed by atoms with Crippen molar-refractivity contribution in [1.29, 1.82) is 0 Å². The molecule has 2 amide bonds.